The van der Waals surface area contributed by atoms with Gasteiger partial charge in [-0.25, -0.2) is 0 Å². The second-order valence-corrected chi connectivity index (χ2v) is 5.28. The van der Waals surface area contributed by atoms with E-state index in [0.29, 0.717) is 19.4 Å². The summed E-state index contributed by atoms with van der Waals surface area (Å²) < 4.78 is 0. The van der Waals surface area contributed by atoms with Gasteiger partial charge in [-0.05, 0) is 24.8 Å². The standard InChI is InChI=1S/C13H18N4O4/c1-16(7-8-5-9(18)6-8)13(19)10-3-2-4-11(17(20)21)12(10)15-14/h2-4,8-9,15,18H,5-7,14H2,1H3. The molecule has 0 atom stereocenters. The van der Waals surface area contributed by atoms with E-state index in [2.05, 4.69) is 5.43 Å². The van der Waals surface area contributed by atoms with Crippen LogP contribution < -0.4 is 11.3 Å². The molecule has 0 spiro atoms. The fourth-order valence-electron chi connectivity index (χ4n) is 2.55. The summed E-state index contributed by atoms with van der Waals surface area (Å²) in [5.74, 6) is 5.25. The third-order valence-electron chi connectivity index (χ3n) is 3.70. The number of nitro benzene ring substituents is 1. The normalized spacial score (nSPS) is 20.5. The molecule has 1 aliphatic rings. The van der Waals surface area contributed by atoms with Crippen molar-refractivity contribution >= 4 is 17.3 Å². The van der Waals surface area contributed by atoms with Gasteiger partial charge in [-0.2, -0.15) is 0 Å². The van der Waals surface area contributed by atoms with Crippen LogP contribution in [0.3, 0.4) is 0 Å². The van der Waals surface area contributed by atoms with Crippen molar-refractivity contribution in [2.24, 2.45) is 11.8 Å². The van der Waals surface area contributed by atoms with E-state index in [1.165, 1.54) is 23.1 Å². The Labute approximate surface area is 121 Å². The molecule has 0 bridgehead atoms. The predicted molar refractivity (Wildman–Crippen MR) is 76.6 cm³/mol. The largest absolute Gasteiger partial charge is 0.393 e. The number of nitro groups is 1. The Morgan fingerprint density at radius 2 is 2.24 bits per heavy atom. The molecule has 8 heteroatoms. The first kappa shape index (κ1) is 15.2. The molecule has 114 valence electrons. The van der Waals surface area contributed by atoms with E-state index in [9.17, 15) is 20.0 Å². The molecule has 2 rings (SSSR count). The van der Waals surface area contributed by atoms with Crippen LogP contribution in [0.4, 0.5) is 11.4 Å². The molecular weight excluding hydrogens is 276 g/mol. The van der Waals surface area contributed by atoms with Crippen LogP contribution in [0.5, 0.6) is 0 Å². The topological polar surface area (TPSA) is 122 Å². The van der Waals surface area contributed by atoms with Crippen LogP contribution in [0, 0.1) is 16.0 Å². The number of para-hydroxylation sites is 1. The monoisotopic (exact) mass is 294 g/mol. The third-order valence-corrected chi connectivity index (χ3v) is 3.70. The van der Waals surface area contributed by atoms with Gasteiger partial charge in [0.15, 0.2) is 0 Å². The second-order valence-electron chi connectivity index (χ2n) is 5.28. The Morgan fingerprint density at radius 3 is 2.76 bits per heavy atom. The number of hydrogen-bond acceptors (Lipinski definition) is 6. The van der Waals surface area contributed by atoms with Crippen molar-refractivity contribution in [2.45, 2.75) is 18.9 Å². The van der Waals surface area contributed by atoms with Gasteiger partial charge in [0.05, 0.1) is 16.6 Å². The number of carbonyl (C=O) groups is 1. The fraction of sp³-hybridized carbons (Fsp3) is 0.462. The van der Waals surface area contributed by atoms with Crippen LogP contribution in [0.25, 0.3) is 0 Å². The zero-order valence-corrected chi connectivity index (χ0v) is 11.7. The van der Waals surface area contributed by atoms with Gasteiger partial charge in [0, 0.05) is 19.7 Å². The number of hydrazine groups is 1. The number of nitrogens with two attached hydrogens (primary N) is 1. The summed E-state index contributed by atoms with van der Waals surface area (Å²) in [6.07, 6.45) is 1.07. The highest BCUT2D eigenvalue weighted by atomic mass is 16.6. The molecule has 1 aromatic carbocycles. The SMILES string of the molecule is CN(CC1CC(O)C1)C(=O)c1cccc([N+](=O)[O-])c1NN. The van der Waals surface area contributed by atoms with Crippen LogP contribution in [-0.4, -0.2) is 40.5 Å². The lowest BCUT2D eigenvalue weighted by atomic mass is 9.82. The van der Waals surface area contributed by atoms with E-state index in [1.54, 1.807) is 7.05 Å². The summed E-state index contributed by atoms with van der Waals surface area (Å²) in [6.45, 7) is 0.503. The van der Waals surface area contributed by atoms with Crippen molar-refractivity contribution in [1.29, 1.82) is 0 Å². The first-order valence-corrected chi connectivity index (χ1v) is 6.61. The number of aliphatic hydroxyl groups is 1. The molecule has 0 radical (unpaired) electrons. The Kier molecular flexibility index (Phi) is 4.39. The summed E-state index contributed by atoms with van der Waals surface area (Å²) in [6, 6.07) is 4.23. The number of rotatable bonds is 5. The van der Waals surface area contributed by atoms with Gasteiger partial charge in [0.2, 0.25) is 0 Å². The zero-order valence-electron chi connectivity index (χ0n) is 11.7. The van der Waals surface area contributed by atoms with Crippen molar-refractivity contribution in [3.8, 4) is 0 Å². The van der Waals surface area contributed by atoms with E-state index in [4.69, 9.17) is 5.84 Å². The lowest BCUT2D eigenvalue weighted by molar-refractivity contribution is -0.384. The molecule has 1 amide bonds. The van der Waals surface area contributed by atoms with Crippen LogP contribution in [0.2, 0.25) is 0 Å². The van der Waals surface area contributed by atoms with Gasteiger partial charge in [0.1, 0.15) is 5.69 Å². The van der Waals surface area contributed by atoms with E-state index in [1.807, 2.05) is 0 Å². The molecule has 0 aromatic heterocycles. The third kappa shape index (κ3) is 3.11. The van der Waals surface area contributed by atoms with Gasteiger partial charge in [-0.3, -0.25) is 20.8 Å². The average Bonchev–Trinajstić information content (AvgIpc) is 2.43. The molecule has 0 saturated heterocycles. The van der Waals surface area contributed by atoms with Gasteiger partial charge < -0.3 is 15.4 Å². The summed E-state index contributed by atoms with van der Waals surface area (Å²) >= 11 is 0. The van der Waals surface area contributed by atoms with E-state index < -0.39 is 4.92 Å². The van der Waals surface area contributed by atoms with Gasteiger partial charge in [-0.15, -0.1) is 0 Å². The van der Waals surface area contributed by atoms with Crippen molar-refractivity contribution < 1.29 is 14.8 Å². The maximum atomic E-state index is 12.4. The molecule has 1 saturated carbocycles. The number of nitrogens with zero attached hydrogens (tertiary/aromatic N) is 2. The number of benzene rings is 1. The molecule has 8 nitrogen and oxygen atoms in total. The molecule has 0 unspecified atom stereocenters. The number of nitrogens with one attached hydrogen (secondary N) is 1. The van der Waals surface area contributed by atoms with Crippen molar-refractivity contribution in [3.63, 3.8) is 0 Å². The first-order chi connectivity index (χ1) is 9.93. The fourth-order valence-corrected chi connectivity index (χ4v) is 2.55. The number of amides is 1. The minimum absolute atomic E-state index is 0.00740. The molecule has 21 heavy (non-hydrogen) atoms. The van der Waals surface area contributed by atoms with Crippen LogP contribution in [0.1, 0.15) is 23.2 Å². The van der Waals surface area contributed by atoms with E-state index in [0.717, 1.165) is 0 Å². The Hall–Kier alpha value is -2.19. The smallest absolute Gasteiger partial charge is 0.294 e. The van der Waals surface area contributed by atoms with Crippen molar-refractivity contribution in [3.05, 3.63) is 33.9 Å². The van der Waals surface area contributed by atoms with Gasteiger partial charge >= 0.3 is 0 Å². The molecule has 1 fully saturated rings. The van der Waals surface area contributed by atoms with Gasteiger partial charge in [-0.1, -0.05) is 6.07 Å². The molecular formula is C13H18N4O4. The predicted octanol–water partition coefficient (Wildman–Crippen LogP) is 0.723. The highest BCUT2D eigenvalue weighted by Crippen LogP contribution is 2.30. The van der Waals surface area contributed by atoms with Gasteiger partial charge in [0.25, 0.3) is 11.6 Å². The second kappa shape index (κ2) is 6.06. The number of carbonyl (C=O) groups excluding carboxylic acids is 1. The zero-order chi connectivity index (χ0) is 15.6. The van der Waals surface area contributed by atoms with E-state index in [-0.39, 0.29) is 34.9 Å². The Bertz CT molecular complexity index is 557. The molecule has 0 heterocycles. The molecule has 4 N–H and O–H groups in total. The van der Waals surface area contributed by atoms with Crippen LogP contribution in [0.15, 0.2) is 18.2 Å². The number of nitrogen functional groups attached to an aromatic ring is 1. The molecule has 1 aliphatic carbocycles. The molecule has 1 aromatic rings. The van der Waals surface area contributed by atoms with Crippen LogP contribution >= 0.6 is 0 Å². The lowest BCUT2D eigenvalue weighted by Gasteiger charge is -2.34. The van der Waals surface area contributed by atoms with Crippen molar-refractivity contribution in [1.82, 2.24) is 4.90 Å². The van der Waals surface area contributed by atoms with Crippen LogP contribution in [-0.2, 0) is 0 Å². The lowest BCUT2D eigenvalue weighted by Crippen LogP contribution is -2.39. The Morgan fingerprint density at radius 1 is 1.57 bits per heavy atom. The maximum Gasteiger partial charge on any atom is 0.294 e. The summed E-state index contributed by atoms with van der Waals surface area (Å²) in [5.41, 5.74) is 2.17. The quantitative estimate of drug-likeness (QED) is 0.418. The first-order valence-electron chi connectivity index (χ1n) is 6.61. The van der Waals surface area contributed by atoms with Crippen molar-refractivity contribution in [2.75, 3.05) is 19.0 Å². The van der Waals surface area contributed by atoms with E-state index >= 15 is 0 Å². The highest BCUT2D eigenvalue weighted by molar-refractivity contribution is 6.01. The average molecular weight is 294 g/mol. The number of hydrogen-bond donors (Lipinski definition) is 3. The highest BCUT2D eigenvalue weighted by Gasteiger charge is 2.30. The molecule has 0 aliphatic heterocycles. The Balaban J connectivity index is 2.18. The number of aliphatic hydroxyl groups excluding tert-OH is 1. The summed E-state index contributed by atoms with van der Waals surface area (Å²) in [5, 5.41) is 20.2. The summed E-state index contributed by atoms with van der Waals surface area (Å²) in [4.78, 5) is 24.3. The minimum Gasteiger partial charge on any atom is -0.393 e. The minimum atomic E-state index is -0.589. The number of anilines is 1. The maximum absolute atomic E-state index is 12.4. The summed E-state index contributed by atoms with van der Waals surface area (Å²) in [7, 11) is 1.63.